The summed E-state index contributed by atoms with van der Waals surface area (Å²) in [4.78, 5) is 30.3. The number of methoxy groups -OCH3 is 1. The summed E-state index contributed by atoms with van der Waals surface area (Å²) in [6.45, 7) is 2.02. The number of ether oxygens (including phenoxy) is 1. The Morgan fingerprint density at radius 1 is 0.793 bits per heavy atom. The lowest BCUT2D eigenvalue weighted by Crippen LogP contribution is -2.40. The van der Waals surface area contributed by atoms with Gasteiger partial charge in [-0.1, -0.05) is 12.1 Å². The van der Waals surface area contributed by atoms with E-state index in [-0.39, 0.29) is 11.8 Å². The van der Waals surface area contributed by atoms with Crippen molar-refractivity contribution in [2.24, 2.45) is 0 Å². The van der Waals surface area contributed by atoms with E-state index in [1.165, 1.54) is 24.2 Å². The predicted molar refractivity (Wildman–Crippen MR) is 114 cm³/mol. The Morgan fingerprint density at radius 2 is 1.48 bits per heavy atom. The monoisotopic (exact) mass is 386 g/mol. The van der Waals surface area contributed by atoms with Gasteiger partial charge in [0.05, 0.1) is 12.8 Å². The zero-order valence-electron chi connectivity index (χ0n) is 16.4. The summed E-state index contributed by atoms with van der Waals surface area (Å²) in [7, 11) is 1.59. The summed E-state index contributed by atoms with van der Waals surface area (Å²) in [5.74, 6) is 0.113. The van der Waals surface area contributed by atoms with Crippen LogP contribution in [0, 0.1) is 0 Å². The van der Waals surface area contributed by atoms with E-state index in [9.17, 15) is 9.59 Å². The van der Waals surface area contributed by atoms with E-state index in [1.54, 1.807) is 31.4 Å². The summed E-state index contributed by atoms with van der Waals surface area (Å²) in [5.41, 5.74) is 2.81. The van der Waals surface area contributed by atoms with Gasteiger partial charge in [0, 0.05) is 40.7 Å². The molecule has 1 saturated heterocycles. The van der Waals surface area contributed by atoms with Gasteiger partial charge in [0.25, 0.3) is 11.8 Å². The highest BCUT2D eigenvalue weighted by molar-refractivity contribution is 6.36. The SMILES string of the molecule is COc1ccc(N2C(=O)c3cccc4c(N5CCCCC5)ccc(c34)C2=O)cc1. The number of rotatable bonds is 3. The number of amides is 2. The average Bonchev–Trinajstić information content (AvgIpc) is 2.78. The fraction of sp³-hybridized carbons (Fsp3) is 0.250. The van der Waals surface area contributed by atoms with Crippen LogP contribution in [0.15, 0.2) is 54.6 Å². The Balaban J connectivity index is 1.64. The molecule has 1 fully saturated rings. The molecule has 0 bridgehead atoms. The standard InChI is InChI=1S/C24H22N2O3/c1-29-17-10-8-16(9-11-17)26-23(27)19-7-5-6-18-21(25-14-3-2-4-15-25)13-12-20(22(18)19)24(26)28/h5-13H,2-4,14-15H2,1H3. The van der Waals surface area contributed by atoms with Gasteiger partial charge in [-0.25, -0.2) is 4.90 Å². The summed E-state index contributed by atoms with van der Waals surface area (Å²) >= 11 is 0. The van der Waals surface area contributed by atoms with Crippen LogP contribution in [0.2, 0.25) is 0 Å². The molecule has 0 saturated carbocycles. The summed E-state index contributed by atoms with van der Waals surface area (Å²) in [6, 6.07) is 16.6. The molecule has 2 amide bonds. The lowest BCUT2D eigenvalue weighted by molar-refractivity contribution is 0.0893. The molecule has 3 aromatic carbocycles. The molecule has 2 heterocycles. The maximum Gasteiger partial charge on any atom is 0.265 e. The molecule has 0 unspecified atom stereocenters. The second-order valence-corrected chi connectivity index (χ2v) is 7.55. The highest BCUT2D eigenvalue weighted by Gasteiger charge is 2.34. The van der Waals surface area contributed by atoms with Crippen molar-refractivity contribution in [2.45, 2.75) is 19.3 Å². The van der Waals surface area contributed by atoms with Crippen molar-refractivity contribution >= 4 is 34.0 Å². The molecule has 5 nitrogen and oxygen atoms in total. The van der Waals surface area contributed by atoms with Gasteiger partial charge in [-0.05, 0) is 61.7 Å². The molecular formula is C24H22N2O3. The molecule has 0 aromatic heterocycles. The minimum absolute atomic E-state index is 0.283. The van der Waals surface area contributed by atoms with Crippen LogP contribution in [0.3, 0.4) is 0 Å². The fourth-order valence-corrected chi connectivity index (χ4v) is 4.46. The highest BCUT2D eigenvalue weighted by Crippen LogP contribution is 2.38. The van der Waals surface area contributed by atoms with Gasteiger partial charge in [0.1, 0.15) is 5.75 Å². The van der Waals surface area contributed by atoms with Crippen molar-refractivity contribution in [1.82, 2.24) is 0 Å². The first-order valence-electron chi connectivity index (χ1n) is 10.0. The number of piperidine rings is 1. The number of nitrogens with zero attached hydrogens (tertiary/aromatic N) is 2. The lowest BCUT2D eigenvalue weighted by Gasteiger charge is -2.32. The topological polar surface area (TPSA) is 49.9 Å². The van der Waals surface area contributed by atoms with E-state index in [1.807, 2.05) is 30.3 Å². The predicted octanol–water partition coefficient (Wildman–Crippen LogP) is 4.64. The zero-order chi connectivity index (χ0) is 20.0. The molecule has 146 valence electrons. The maximum atomic E-state index is 13.3. The normalized spacial score (nSPS) is 16.4. The number of carbonyl (C=O) groups is 2. The number of imide groups is 1. The molecule has 0 radical (unpaired) electrons. The molecule has 5 heteroatoms. The minimum atomic E-state index is -0.283. The van der Waals surface area contributed by atoms with E-state index in [4.69, 9.17) is 4.74 Å². The molecule has 0 N–H and O–H groups in total. The number of benzene rings is 3. The number of carbonyl (C=O) groups excluding carboxylic acids is 2. The van der Waals surface area contributed by atoms with Crippen LogP contribution in [0.4, 0.5) is 11.4 Å². The summed E-state index contributed by atoms with van der Waals surface area (Å²) in [5, 5.41) is 1.76. The van der Waals surface area contributed by atoms with Gasteiger partial charge in [-0.2, -0.15) is 0 Å². The molecule has 3 aromatic rings. The van der Waals surface area contributed by atoms with Crippen molar-refractivity contribution in [1.29, 1.82) is 0 Å². The molecule has 29 heavy (non-hydrogen) atoms. The first kappa shape index (κ1) is 17.7. The smallest absolute Gasteiger partial charge is 0.265 e. The molecule has 0 spiro atoms. The van der Waals surface area contributed by atoms with Crippen molar-refractivity contribution in [3.8, 4) is 5.75 Å². The van der Waals surface area contributed by atoms with Crippen LogP contribution in [0.25, 0.3) is 10.8 Å². The summed E-state index contributed by atoms with van der Waals surface area (Å²) < 4.78 is 5.19. The van der Waals surface area contributed by atoms with E-state index in [0.29, 0.717) is 22.6 Å². The molecule has 0 atom stereocenters. The molecule has 2 aliphatic rings. The van der Waals surface area contributed by atoms with Crippen molar-refractivity contribution in [3.05, 3.63) is 65.7 Å². The molecule has 0 aliphatic carbocycles. The first-order valence-corrected chi connectivity index (χ1v) is 10.0. The third-order valence-corrected chi connectivity index (χ3v) is 5.91. The lowest BCUT2D eigenvalue weighted by atomic mass is 9.92. The maximum absolute atomic E-state index is 13.3. The highest BCUT2D eigenvalue weighted by atomic mass is 16.5. The minimum Gasteiger partial charge on any atom is -0.497 e. The van der Waals surface area contributed by atoms with Gasteiger partial charge in [-0.3, -0.25) is 9.59 Å². The Bertz CT molecular complexity index is 1090. The summed E-state index contributed by atoms with van der Waals surface area (Å²) in [6.07, 6.45) is 3.60. The number of hydrogen-bond acceptors (Lipinski definition) is 4. The van der Waals surface area contributed by atoms with E-state index in [2.05, 4.69) is 4.90 Å². The van der Waals surface area contributed by atoms with Gasteiger partial charge >= 0.3 is 0 Å². The van der Waals surface area contributed by atoms with Crippen LogP contribution in [-0.2, 0) is 0 Å². The van der Waals surface area contributed by atoms with Crippen LogP contribution >= 0.6 is 0 Å². The second-order valence-electron chi connectivity index (χ2n) is 7.55. The largest absolute Gasteiger partial charge is 0.497 e. The van der Waals surface area contributed by atoms with E-state index in [0.717, 1.165) is 29.5 Å². The van der Waals surface area contributed by atoms with Gasteiger partial charge in [0.2, 0.25) is 0 Å². The molecule has 2 aliphatic heterocycles. The third kappa shape index (κ3) is 2.77. The van der Waals surface area contributed by atoms with Crippen molar-refractivity contribution < 1.29 is 14.3 Å². The molecular weight excluding hydrogens is 364 g/mol. The quantitative estimate of drug-likeness (QED) is 0.616. The van der Waals surface area contributed by atoms with Crippen LogP contribution in [-0.4, -0.2) is 32.0 Å². The molecule has 5 rings (SSSR count). The van der Waals surface area contributed by atoms with Gasteiger partial charge in [-0.15, -0.1) is 0 Å². The van der Waals surface area contributed by atoms with Crippen LogP contribution in [0.1, 0.15) is 40.0 Å². The third-order valence-electron chi connectivity index (χ3n) is 5.91. The van der Waals surface area contributed by atoms with Crippen LogP contribution < -0.4 is 14.5 Å². The van der Waals surface area contributed by atoms with Crippen molar-refractivity contribution in [2.75, 3.05) is 30.0 Å². The Labute approximate surface area is 169 Å². The van der Waals surface area contributed by atoms with Crippen molar-refractivity contribution in [3.63, 3.8) is 0 Å². The van der Waals surface area contributed by atoms with E-state index >= 15 is 0 Å². The zero-order valence-corrected chi connectivity index (χ0v) is 16.4. The first-order chi connectivity index (χ1) is 14.2. The number of anilines is 2. The average molecular weight is 386 g/mol. The van der Waals surface area contributed by atoms with Gasteiger partial charge < -0.3 is 9.64 Å². The number of hydrogen-bond donors (Lipinski definition) is 0. The van der Waals surface area contributed by atoms with Gasteiger partial charge in [0.15, 0.2) is 0 Å². The van der Waals surface area contributed by atoms with Crippen LogP contribution in [0.5, 0.6) is 5.75 Å². The van der Waals surface area contributed by atoms with E-state index < -0.39 is 0 Å². The Morgan fingerprint density at radius 3 is 2.17 bits per heavy atom. The fourth-order valence-electron chi connectivity index (χ4n) is 4.46. The Kier molecular flexibility index (Phi) is 4.23. The second kappa shape index (κ2) is 6.92. The Hall–Kier alpha value is -3.34.